The Kier molecular flexibility index (Phi) is 39.3. The van der Waals surface area contributed by atoms with Gasteiger partial charge in [-0.05, 0) is 137 Å². The summed E-state index contributed by atoms with van der Waals surface area (Å²) in [5.74, 6) is -6.99. The Morgan fingerprint density at radius 3 is 1.11 bits per heavy atom. The van der Waals surface area contributed by atoms with Crippen molar-refractivity contribution in [3.05, 3.63) is 144 Å². The SMILES string of the molecule is CC(=O)N[C@@H](Cc1ccccc1)C(=O)NC1CCCNC(=O)[C@H](CCCN=C(N)N)NC(=O)[C@H](CCc2ccccc2)NC(=O)[C@@H](CC2CCCCC2)NC(=O)[C@@H]2CCCN2C1=O.CC(=O)N[C@@H](Cc1ccccc1)C(=O)NC1CCCNC(=O)[C@H](CCCN=C(N)N)NC(=O)[C@H](Cc2ccccc2)NC(=O)[C@@H](CC2CCCCC2)NC(=O)[C@@H]2CCCN2C1=O. The van der Waals surface area contributed by atoms with Gasteiger partial charge in [-0.3, -0.25) is 77.1 Å². The molecule has 0 spiro atoms. The van der Waals surface area contributed by atoms with Gasteiger partial charge in [-0.15, -0.1) is 0 Å². The van der Waals surface area contributed by atoms with Crippen LogP contribution in [0, 0.1) is 11.8 Å². The smallest absolute Gasteiger partial charge is 0.245 e. The van der Waals surface area contributed by atoms with Gasteiger partial charge in [0.25, 0.3) is 0 Å². The molecule has 6 aliphatic rings. The number of amides is 14. The highest BCUT2D eigenvalue weighted by atomic mass is 16.2. The minimum absolute atomic E-state index is 0.0782. The normalized spacial score (nSPS) is 23.8. The van der Waals surface area contributed by atoms with E-state index in [0.29, 0.717) is 57.8 Å². The van der Waals surface area contributed by atoms with Crippen LogP contribution in [0.15, 0.2) is 131 Å². The van der Waals surface area contributed by atoms with Crippen LogP contribution in [-0.4, -0.2) is 216 Å². The molecule has 34 heteroatoms. The van der Waals surface area contributed by atoms with E-state index >= 15 is 0 Å². The third kappa shape index (κ3) is 32.2. The lowest BCUT2D eigenvalue weighted by Gasteiger charge is -2.32. The van der Waals surface area contributed by atoms with E-state index in [1.54, 1.807) is 0 Å². The molecular formula is C91H130N20O14. The summed E-state index contributed by atoms with van der Waals surface area (Å²) in [4.78, 5) is 206. The number of hydrogen-bond donors (Lipinski definition) is 16. The number of rotatable bonds is 27. The summed E-state index contributed by atoms with van der Waals surface area (Å²) in [6, 6.07) is 24.8. The van der Waals surface area contributed by atoms with Crippen LogP contribution in [0.2, 0.25) is 0 Å². The maximum atomic E-state index is 14.5. The fourth-order valence-corrected chi connectivity index (χ4v) is 17.4. The number of benzene rings is 4. The molecular weight excluding hydrogens is 1600 g/mol. The van der Waals surface area contributed by atoms with Crippen molar-refractivity contribution >= 4 is 94.6 Å². The number of aliphatic imine (C=N–C) groups is 2. The number of aryl methyl sites for hydroxylation is 1. The van der Waals surface area contributed by atoms with Crippen molar-refractivity contribution in [3.8, 4) is 0 Å². The average Bonchev–Trinajstić information content (AvgIpc) is 1.72. The number of hydrogen-bond acceptors (Lipinski definition) is 16. The van der Waals surface area contributed by atoms with E-state index in [1.165, 1.54) is 23.6 Å². The number of guanidine groups is 2. The predicted octanol–water partition coefficient (Wildman–Crippen LogP) is 2.07. The van der Waals surface area contributed by atoms with Gasteiger partial charge in [-0.2, -0.15) is 0 Å². The van der Waals surface area contributed by atoms with Crippen LogP contribution >= 0.6 is 0 Å². The molecule has 6 fully saturated rings. The first-order valence-electron chi connectivity index (χ1n) is 44.7. The molecule has 0 bridgehead atoms. The molecule has 678 valence electrons. The summed E-state index contributed by atoms with van der Waals surface area (Å²) < 4.78 is 0. The van der Waals surface area contributed by atoms with E-state index in [4.69, 9.17) is 22.9 Å². The van der Waals surface area contributed by atoms with E-state index in [1.807, 2.05) is 121 Å². The Balaban J connectivity index is 0.000000283. The molecule has 4 saturated heterocycles. The van der Waals surface area contributed by atoms with E-state index in [9.17, 15) is 67.1 Å². The Morgan fingerprint density at radius 1 is 0.384 bits per heavy atom. The highest BCUT2D eigenvalue weighted by Gasteiger charge is 2.44. The fraction of sp³-hybridized carbons (Fsp3) is 0.560. The molecule has 14 amide bonds. The monoisotopic (exact) mass is 1730 g/mol. The summed E-state index contributed by atoms with van der Waals surface area (Å²) >= 11 is 0. The number of fused-ring (bicyclic) bond motifs is 2. The summed E-state index contributed by atoms with van der Waals surface area (Å²) in [5, 5.41) is 34.5. The topological polar surface area (TPSA) is 519 Å². The summed E-state index contributed by atoms with van der Waals surface area (Å²) in [5.41, 5.74) is 25.5. The molecule has 4 heterocycles. The van der Waals surface area contributed by atoms with Crippen molar-refractivity contribution in [2.45, 2.75) is 273 Å². The number of carbonyl (C=O) groups excluding carboxylic acids is 14. The van der Waals surface area contributed by atoms with Crippen molar-refractivity contribution < 1.29 is 67.1 Å². The van der Waals surface area contributed by atoms with Gasteiger partial charge in [0.1, 0.15) is 72.5 Å². The van der Waals surface area contributed by atoms with Crippen LogP contribution < -0.4 is 86.7 Å². The molecule has 0 radical (unpaired) electrons. The number of carbonyl (C=O) groups is 14. The lowest BCUT2D eigenvalue weighted by molar-refractivity contribution is -0.143. The van der Waals surface area contributed by atoms with Gasteiger partial charge >= 0.3 is 0 Å². The molecule has 4 aliphatic heterocycles. The molecule has 20 N–H and O–H groups in total. The highest BCUT2D eigenvalue weighted by Crippen LogP contribution is 2.31. The molecule has 125 heavy (non-hydrogen) atoms. The van der Waals surface area contributed by atoms with Crippen LogP contribution in [0.25, 0.3) is 0 Å². The second kappa shape index (κ2) is 50.7. The minimum Gasteiger partial charge on any atom is -0.370 e. The Morgan fingerprint density at radius 2 is 0.728 bits per heavy atom. The molecule has 0 aromatic heterocycles. The minimum atomic E-state index is -1.12. The van der Waals surface area contributed by atoms with E-state index in [2.05, 4.69) is 73.8 Å². The Labute approximate surface area is 732 Å². The lowest BCUT2D eigenvalue weighted by atomic mass is 9.84. The van der Waals surface area contributed by atoms with Crippen molar-refractivity contribution in [2.24, 2.45) is 44.8 Å². The van der Waals surface area contributed by atoms with Crippen molar-refractivity contribution in [1.82, 2.24) is 73.6 Å². The molecule has 4 aromatic rings. The highest BCUT2D eigenvalue weighted by molar-refractivity contribution is 6.00. The van der Waals surface area contributed by atoms with Gasteiger partial charge in [0, 0.05) is 72.4 Å². The van der Waals surface area contributed by atoms with Crippen LogP contribution in [0.1, 0.15) is 197 Å². The summed E-state index contributed by atoms with van der Waals surface area (Å²) in [6.45, 7) is 3.70. The van der Waals surface area contributed by atoms with Gasteiger partial charge in [-0.1, -0.05) is 186 Å². The zero-order valence-electron chi connectivity index (χ0n) is 72.2. The third-order valence-corrected chi connectivity index (χ3v) is 23.9. The molecule has 2 unspecified atom stereocenters. The molecule has 34 nitrogen and oxygen atoms in total. The van der Waals surface area contributed by atoms with Gasteiger partial charge in [0.05, 0.1) is 0 Å². The largest absolute Gasteiger partial charge is 0.370 e. The molecule has 12 atom stereocenters. The average molecular weight is 1730 g/mol. The van der Waals surface area contributed by atoms with Crippen LogP contribution in [0.4, 0.5) is 0 Å². The molecule has 10 rings (SSSR count). The Hall–Kier alpha value is -12.0. The zero-order chi connectivity index (χ0) is 89.6. The second-order valence-corrected chi connectivity index (χ2v) is 33.7. The second-order valence-electron chi connectivity index (χ2n) is 33.7. The third-order valence-electron chi connectivity index (χ3n) is 23.9. The van der Waals surface area contributed by atoms with Crippen LogP contribution in [0.3, 0.4) is 0 Å². The molecule has 2 saturated carbocycles. The van der Waals surface area contributed by atoms with E-state index < -0.39 is 155 Å². The zero-order valence-corrected chi connectivity index (χ0v) is 72.2. The first-order valence-corrected chi connectivity index (χ1v) is 44.7. The maximum Gasteiger partial charge on any atom is 0.245 e. The number of nitrogens with one attached hydrogen (secondary N) is 12. The van der Waals surface area contributed by atoms with Crippen LogP contribution in [0.5, 0.6) is 0 Å². The fourth-order valence-electron chi connectivity index (χ4n) is 17.4. The molecule has 4 aromatic carbocycles. The first kappa shape index (κ1) is 96.8. The predicted molar refractivity (Wildman–Crippen MR) is 472 cm³/mol. The van der Waals surface area contributed by atoms with Gasteiger partial charge in [-0.25, -0.2) is 0 Å². The van der Waals surface area contributed by atoms with Crippen molar-refractivity contribution in [1.29, 1.82) is 0 Å². The van der Waals surface area contributed by atoms with Crippen molar-refractivity contribution in [2.75, 3.05) is 39.3 Å². The van der Waals surface area contributed by atoms with E-state index in [0.717, 1.165) is 86.5 Å². The van der Waals surface area contributed by atoms with E-state index in [-0.39, 0.29) is 127 Å². The maximum absolute atomic E-state index is 14.5. The van der Waals surface area contributed by atoms with Gasteiger partial charge < -0.3 is 96.5 Å². The standard InChI is InChI=1S/C46H66N10O7.C45H64N10O7/c1-30(57)51-37(28-32-16-7-3-8-17-32)42(60)54-36-21-12-25-49-40(58)34(20-11-26-50-46(47)48)52-41(59)35(24-23-31-14-5-2-6-15-31)53-43(61)38(29-33-18-9-4-10-19-33)55-44(62)39-22-13-27-56(39)45(36)63;1-29(56)50-35(26-30-14-5-2-6-15-30)40(58)52-34-21-12-23-48-39(57)33(20-11-24-49-45(46)47)51-41(59)36(27-31-16-7-3-8-17-31)53-42(60)37(28-32-18-9-4-10-19-32)54-43(61)38-22-13-25-55(38)44(34)62/h2-3,5-8,14-17,33-39H,4,9-13,18-29H2,1H3,(H,49,58)(H,51,57)(H,52,59)(H,53,61)(H,54,60)(H,55,62)(H4,47,48,50);2-3,5-8,14-17,32-38H,4,9-13,18-28H2,1H3,(H,48,57)(H,50,56)(H,51,59)(H,52,58)(H,53,60)(H,54,61)(H4,46,47,49)/t34-,35-,36?,37-,38+,39-;33-,34?,35-,36-,37+,38-/m00/s1. The van der Waals surface area contributed by atoms with Crippen molar-refractivity contribution in [3.63, 3.8) is 0 Å². The number of nitrogens with zero attached hydrogens (tertiary/aromatic N) is 4. The quantitative estimate of drug-likeness (QED) is 0.0231. The number of nitrogens with two attached hydrogens (primary N) is 4. The van der Waals surface area contributed by atoms with Gasteiger partial charge in [0.15, 0.2) is 11.9 Å². The lowest BCUT2D eigenvalue weighted by Crippen LogP contribution is -2.60. The summed E-state index contributed by atoms with van der Waals surface area (Å²) in [7, 11) is 0. The van der Waals surface area contributed by atoms with Gasteiger partial charge in [0.2, 0.25) is 82.7 Å². The Bertz CT molecular complexity index is 4300. The first-order chi connectivity index (χ1) is 60.2. The van der Waals surface area contributed by atoms with Crippen LogP contribution in [-0.2, 0) is 92.8 Å². The summed E-state index contributed by atoms with van der Waals surface area (Å²) in [6.07, 6.45) is 15.1. The molecule has 2 aliphatic carbocycles.